The quantitative estimate of drug-likeness (QED) is 0.428. The Morgan fingerprint density at radius 1 is 0.882 bits per heavy atom. The Labute approximate surface area is 200 Å². The molecule has 188 valence electrons. The number of rotatable bonds is 9. The summed E-state index contributed by atoms with van der Waals surface area (Å²) in [6, 6.07) is 9.59. The van der Waals surface area contributed by atoms with Crippen molar-refractivity contribution in [1.29, 1.82) is 0 Å². The first-order chi connectivity index (χ1) is 16.1. The highest BCUT2D eigenvalue weighted by atomic mass is 16.9. The van der Waals surface area contributed by atoms with E-state index in [1.807, 2.05) is 30.3 Å². The zero-order valence-corrected chi connectivity index (χ0v) is 20.3. The van der Waals surface area contributed by atoms with Crippen LogP contribution in [0.5, 0.6) is 0 Å². The molecule has 0 radical (unpaired) electrons. The first kappa shape index (κ1) is 25.1. The van der Waals surface area contributed by atoms with Crippen molar-refractivity contribution >= 4 is 11.9 Å². The van der Waals surface area contributed by atoms with Gasteiger partial charge in [0.25, 0.3) is 5.91 Å². The van der Waals surface area contributed by atoms with Crippen LogP contribution in [-0.2, 0) is 44.6 Å². The molecule has 0 aromatic heterocycles. The summed E-state index contributed by atoms with van der Waals surface area (Å²) in [5.74, 6) is -2.17. The lowest BCUT2D eigenvalue weighted by Crippen LogP contribution is -2.59. The third-order valence-corrected chi connectivity index (χ3v) is 6.01. The third kappa shape index (κ3) is 6.14. The fraction of sp³-hybridized carbons (Fsp3) is 0.680. The molecule has 0 bridgehead atoms. The van der Waals surface area contributed by atoms with E-state index >= 15 is 0 Å². The number of hydrogen-bond acceptors (Lipinski definition) is 8. The van der Waals surface area contributed by atoms with Gasteiger partial charge in [-0.1, -0.05) is 36.8 Å². The van der Waals surface area contributed by atoms with E-state index in [2.05, 4.69) is 5.32 Å². The predicted molar refractivity (Wildman–Crippen MR) is 120 cm³/mol. The number of carbonyl (C=O) groups excluding carboxylic acids is 2. The van der Waals surface area contributed by atoms with Crippen LogP contribution in [0.4, 0.5) is 0 Å². The summed E-state index contributed by atoms with van der Waals surface area (Å²) in [5, 5.41) is 2.92. The van der Waals surface area contributed by atoms with Crippen molar-refractivity contribution in [3.63, 3.8) is 0 Å². The van der Waals surface area contributed by atoms with Crippen LogP contribution >= 0.6 is 0 Å². The van der Waals surface area contributed by atoms with E-state index in [0.29, 0.717) is 19.4 Å². The fourth-order valence-corrected chi connectivity index (χ4v) is 4.52. The molecule has 5 unspecified atom stereocenters. The van der Waals surface area contributed by atoms with E-state index in [-0.39, 0.29) is 18.5 Å². The summed E-state index contributed by atoms with van der Waals surface area (Å²) < 4.78 is 35.1. The van der Waals surface area contributed by atoms with Crippen molar-refractivity contribution in [2.75, 3.05) is 6.54 Å². The van der Waals surface area contributed by atoms with Crippen molar-refractivity contribution in [3.8, 4) is 0 Å². The average molecular weight is 478 g/mol. The van der Waals surface area contributed by atoms with E-state index in [1.165, 1.54) is 0 Å². The van der Waals surface area contributed by atoms with Crippen LogP contribution in [0, 0.1) is 0 Å². The van der Waals surface area contributed by atoms with Gasteiger partial charge in [-0.25, -0.2) is 0 Å². The molecule has 5 atom stereocenters. The molecule has 34 heavy (non-hydrogen) atoms. The van der Waals surface area contributed by atoms with Gasteiger partial charge in [-0.15, -0.1) is 0 Å². The molecule has 1 aromatic rings. The maximum Gasteiger partial charge on any atom is 0.306 e. The van der Waals surface area contributed by atoms with Gasteiger partial charge in [0.2, 0.25) is 0 Å². The van der Waals surface area contributed by atoms with Gasteiger partial charge in [-0.2, -0.15) is 0 Å². The molecule has 9 heteroatoms. The Bertz CT molecular complexity index is 858. The van der Waals surface area contributed by atoms with Gasteiger partial charge in [0, 0.05) is 13.0 Å². The van der Waals surface area contributed by atoms with Crippen molar-refractivity contribution < 1.29 is 38.0 Å². The number of hydrogen-bond donors (Lipinski definition) is 1. The van der Waals surface area contributed by atoms with Crippen molar-refractivity contribution in [3.05, 3.63) is 35.9 Å². The number of carbonyl (C=O) groups is 2. The smallest absolute Gasteiger partial charge is 0.306 e. The Hall–Kier alpha value is -2.04. The summed E-state index contributed by atoms with van der Waals surface area (Å²) in [4.78, 5) is 24.8. The Morgan fingerprint density at radius 3 is 2.32 bits per heavy atom. The SMILES string of the molecule is CC1(C)OC2OC(C(=O)NCCCCCC(=O)OCc3ccccc3)C3OC(C)(C)OC3C2O1. The minimum atomic E-state index is -0.863. The van der Waals surface area contributed by atoms with Crippen molar-refractivity contribution in [2.24, 2.45) is 0 Å². The maximum atomic E-state index is 12.9. The molecule has 1 aromatic carbocycles. The molecule has 1 amide bonds. The van der Waals surface area contributed by atoms with E-state index < -0.39 is 42.3 Å². The highest BCUT2D eigenvalue weighted by Gasteiger charge is 2.62. The van der Waals surface area contributed by atoms with E-state index in [9.17, 15) is 9.59 Å². The molecule has 1 N–H and O–H groups in total. The first-order valence-corrected chi connectivity index (χ1v) is 12.0. The van der Waals surface area contributed by atoms with Crippen LogP contribution in [0.25, 0.3) is 0 Å². The van der Waals surface area contributed by atoms with Crippen LogP contribution in [0.3, 0.4) is 0 Å². The molecular formula is C25H35NO8. The van der Waals surface area contributed by atoms with Gasteiger partial charge >= 0.3 is 5.97 Å². The number of fused-ring (bicyclic) bond motifs is 3. The molecule has 0 spiro atoms. The monoisotopic (exact) mass is 477 g/mol. The van der Waals surface area contributed by atoms with Gasteiger partial charge < -0.3 is 33.7 Å². The summed E-state index contributed by atoms with van der Waals surface area (Å²) in [6.07, 6.45) is -0.504. The lowest BCUT2D eigenvalue weighted by atomic mass is 9.98. The summed E-state index contributed by atoms with van der Waals surface area (Å²) >= 11 is 0. The average Bonchev–Trinajstić information content (AvgIpc) is 3.28. The highest BCUT2D eigenvalue weighted by Crippen LogP contribution is 2.44. The maximum absolute atomic E-state index is 12.9. The molecular weight excluding hydrogens is 442 g/mol. The summed E-state index contributed by atoms with van der Waals surface area (Å²) in [5.41, 5.74) is 0.968. The van der Waals surface area contributed by atoms with Gasteiger partial charge in [0.15, 0.2) is 24.0 Å². The predicted octanol–water partition coefficient (Wildman–Crippen LogP) is 2.80. The lowest BCUT2D eigenvalue weighted by molar-refractivity contribution is -0.231. The third-order valence-electron chi connectivity index (χ3n) is 6.01. The number of amides is 1. The fourth-order valence-electron chi connectivity index (χ4n) is 4.52. The number of esters is 1. The Morgan fingerprint density at radius 2 is 1.56 bits per heavy atom. The molecule has 0 aliphatic carbocycles. The van der Waals surface area contributed by atoms with Gasteiger partial charge in [0.05, 0.1) is 0 Å². The Balaban J connectivity index is 1.18. The molecule has 3 aliphatic rings. The first-order valence-electron chi connectivity index (χ1n) is 12.0. The molecule has 0 saturated carbocycles. The topological polar surface area (TPSA) is 102 Å². The minimum Gasteiger partial charge on any atom is -0.461 e. The molecule has 9 nitrogen and oxygen atoms in total. The second kappa shape index (κ2) is 10.3. The minimum absolute atomic E-state index is 0.216. The zero-order valence-electron chi connectivity index (χ0n) is 20.3. The molecule has 3 fully saturated rings. The van der Waals surface area contributed by atoms with E-state index in [1.54, 1.807) is 27.7 Å². The van der Waals surface area contributed by atoms with Crippen LogP contribution in [0.1, 0.15) is 58.9 Å². The van der Waals surface area contributed by atoms with Gasteiger partial charge in [0.1, 0.15) is 24.9 Å². The van der Waals surface area contributed by atoms with Crippen LogP contribution < -0.4 is 5.32 Å². The number of nitrogens with one attached hydrogen (secondary N) is 1. The molecule has 3 aliphatic heterocycles. The molecule has 3 saturated heterocycles. The second-order valence-electron chi connectivity index (χ2n) is 9.84. The zero-order chi connectivity index (χ0) is 24.3. The number of benzene rings is 1. The van der Waals surface area contributed by atoms with Gasteiger partial charge in [-0.05, 0) is 46.1 Å². The normalized spacial score (nSPS) is 30.9. The van der Waals surface area contributed by atoms with E-state index in [4.69, 9.17) is 28.4 Å². The molecule has 3 heterocycles. The van der Waals surface area contributed by atoms with Gasteiger partial charge in [-0.3, -0.25) is 9.59 Å². The summed E-state index contributed by atoms with van der Waals surface area (Å²) in [6.45, 7) is 7.97. The van der Waals surface area contributed by atoms with Crippen molar-refractivity contribution in [2.45, 2.75) is 102 Å². The molecule has 4 rings (SSSR count). The standard InChI is InChI=1S/C25H35NO8/c1-24(2)31-18-19(32-24)21-23(34-25(3,4)33-21)30-20(18)22(28)26-14-10-6-9-13-17(27)29-15-16-11-7-5-8-12-16/h5,7-8,11-12,18-21,23H,6,9-10,13-15H2,1-4H3,(H,26,28). The highest BCUT2D eigenvalue weighted by molar-refractivity contribution is 5.81. The van der Waals surface area contributed by atoms with Crippen LogP contribution in [0.2, 0.25) is 0 Å². The Kier molecular flexibility index (Phi) is 7.59. The van der Waals surface area contributed by atoms with Crippen LogP contribution in [0.15, 0.2) is 30.3 Å². The number of unbranched alkanes of at least 4 members (excludes halogenated alkanes) is 2. The number of ether oxygens (including phenoxy) is 6. The lowest BCUT2D eigenvalue weighted by Gasteiger charge is -2.36. The van der Waals surface area contributed by atoms with E-state index in [0.717, 1.165) is 18.4 Å². The van der Waals surface area contributed by atoms with Crippen molar-refractivity contribution in [1.82, 2.24) is 5.32 Å². The summed E-state index contributed by atoms with van der Waals surface area (Å²) in [7, 11) is 0. The second-order valence-corrected chi connectivity index (χ2v) is 9.84. The van der Waals surface area contributed by atoms with Crippen LogP contribution in [-0.4, -0.2) is 60.7 Å². The largest absolute Gasteiger partial charge is 0.461 e.